The highest BCUT2D eigenvalue weighted by atomic mass is 16.1. The van der Waals surface area contributed by atoms with Crippen LogP contribution in [0.2, 0.25) is 0 Å². The highest BCUT2D eigenvalue weighted by Crippen LogP contribution is 2.60. The smallest absolute Gasteiger partial charge is 0.264 e. The zero-order chi connectivity index (χ0) is 21.3. The Balaban J connectivity index is 1.33. The SMILES string of the molecule is Cc1cc(C)cc(-n2ncc3c(=O)n(CC(=O)C45CC6CC(CC(C6)C4)C5)cnc32)c1. The molecule has 4 bridgehead atoms. The third-order valence-electron chi connectivity index (χ3n) is 7.95. The normalized spacial score (nSPS) is 29.0. The Morgan fingerprint density at radius 3 is 2.26 bits per heavy atom. The van der Waals surface area contributed by atoms with E-state index in [-0.39, 0.29) is 23.3 Å². The maximum absolute atomic E-state index is 13.4. The van der Waals surface area contributed by atoms with E-state index >= 15 is 0 Å². The molecule has 0 amide bonds. The van der Waals surface area contributed by atoms with Gasteiger partial charge in [0.25, 0.3) is 5.56 Å². The van der Waals surface area contributed by atoms with Gasteiger partial charge >= 0.3 is 0 Å². The molecule has 7 rings (SSSR count). The minimum Gasteiger partial charge on any atom is -0.297 e. The zero-order valence-electron chi connectivity index (χ0n) is 18.2. The van der Waals surface area contributed by atoms with Crippen LogP contribution in [0.5, 0.6) is 0 Å². The predicted molar refractivity (Wildman–Crippen MR) is 118 cm³/mol. The van der Waals surface area contributed by atoms with Crippen LogP contribution < -0.4 is 5.56 Å². The Morgan fingerprint density at radius 1 is 1.03 bits per heavy atom. The monoisotopic (exact) mass is 416 g/mol. The number of aromatic nitrogens is 4. The molecule has 4 fully saturated rings. The quantitative estimate of drug-likeness (QED) is 0.645. The van der Waals surface area contributed by atoms with Gasteiger partial charge in [-0.1, -0.05) is 6.07 Å². The third-order valence-corrected chi connectivity index (χ3v) is 7.95. The number of hydrogen-bond donors (Lipinski definition) is 0. The molecule has 0 atom stereocenters. The summed E-state index contributed by atoms with van der Waals surface area (Å²) in [5.41, 5.74) is 3.31. The highest BCUT2D eigenvalue weighted by molar-refractivity contribution is 5.85. The Morgan fingerprint density at radius 2 is 1.65 bits per heavy atom. The number of carbonyl (C=O) groups is 1. The molecular formula is C25H28N4O2. The fourth-order valence-corrected chi connectivity index (χ4v) is 7.10. The molecule has 1 aromatic carbocycles. The number of rotatable bonds is 4. The van der Waals surface area contributed by atoms with Gasteiger partial charge in [0.1, 0.15) is 11.7 Å². The molecule has 6 heteroatoms. The van der Waals surface area contributed by atoms with E-state index in [1.54, 1.807) is 10.9 Å². The highest BCUT2D eigenvalue weighted by Gasteiger charge is 2.54. The summed E-state index contributed by atoms with van der Waals surface area (Å²) in [6.07, 6.45) is 10.1. The van der Waals surface area contributed by atoms with Crippen LogP contribution in [0.4, 0.5) is 0 Å². The fourth-order valence-electron chi connectivity index (χ4n) is 7.10. The van der Waals surface area contributed by atoms with E-state index in [0.29, 0.717) is 28.8 Å². The maximum Gasteiger partial charge on any atom is 0.264 e. The number of carbonyl (C=O) groups excluding carboxylic acids is 1. The summed E-state index contributed by atoms with van der Waals surface area (Å²) in [6, 6.07) is 6.16. The van der Waals surface area contributed by atoms with Crippen LogP contribution in [0.3, 0.4) is 0 Å². The number of hydrogen-bond acceptors (Lipinski definition) is 4. The Kier molecular flexibility index (Phi) is 4.05. The fraction of sp³-hybridized carbons (Fsp3) is 0.520. The first kappa shape index (κ1) is 19.0. The van der Waals surface area contributed by atoms with Crippen LogP contribution >= 0.6 is 0 Å². The summed E-state index contributed by atoms with van der Waals surface area (Å²) in [4.78, 5) is 31.2. The lowest BCUT2D eigenvalue weighted by molar-refractivity contribution is -0.144. The molecule has 4 aliphatic carbocycles. The van der Waals surface area contributed by atoms with Crippen LogP contribution in [-0.4, -0.2) is 25.1 Å². The Bertz CT molecular complexity index is 1210. The van der Waals surface area contributed by atoms with Gasteiger partial charge in [0.15, 0.2) is 11.4 Å². The van der Waals surface area contributed by atoms with Gasteiger partial charge < -0.3 is 0 Å². The molecular weight excluding hydrogens is 388 g/mol. The summed E-state index contributed by atoms with van der Waals surface area (Å²) < 4.78 is 3.21. The van der Waals surface area contributed by atoms with Crippen molar-refractivity contribution in [3.8, 4) is 5.69 Å². The molecule has 160 valence electrons. The molecule has 4 aliphatic rings. The zero-order valence-corrected chi connectivity index (χ0v) is 18.2. The number of Topliss-reactive ketones (excluding diaryl/α,β-unsaturated/α-hetero) is 1. The van der Waals surface area contributed by atoms with E-state index in [1.165, 1.54) is 30.2 Å². The maximum atomic E-state index is 13.4. The second-order valence-electron chi connectivity index (χ2n) is 10.4. The molecule has 31 heavy (non-hydrogen) atoms. The Hall–Kier alpha value is -2.76. The van der Waals surface area contributed by atoms with Gasteiger partial charge in [0, 0.05) is 5.41 Å². The molecule has 0 unspecified atom stereocenters. The van der Waals surface area contributed by atoms with Crippen LogP contribution in [0.15, 0.2) is 35.5 Å². The molecule has 2 aromatic heterocycles. The standard InChI is InChI=1S/C25H28N4O2/c1-15-3-16(2)5-20(4-15)29-23-21(12-27-29)24(31)28(14-26-23)13-22(30)25-9-17-6-18(10-25)8-19(7-17)11-25/h3-5,12,14,17-19H,6-11,13H2,1-2H3. The number of aryl methyl sites for hydroxylation is 2. The molecule has 0 spiro atoms. The molecule has 0 N–H and O–H groups in total. The Labute approximate surface area is 181 Å². The largest absolute Gasteiger partial charge is 0.297 e. The van der Waals surface area contributed by atoms with Crippen molar-refractivity contribution in [3.05, 3.63) is 52.2 Å². The van der Waals surface area contributed by atoms with E-state index in [0.717, 1.165) is 36.1 Å². The minimum absolute atomic E-state index is 0.128. The van der Waals surface area contributed by atoms with Gasteiger partial charge in [-0.05, 0) is 93.4 Å². The molecule has 0 saturated heterocycles. The molecule has 2 heterocycles. The number of benzene rings is 1. The summed E-state index contributed by atoms with van der Waals surface area (Å²) in [5, 5.41) is 4.90. The van der Waals surface area contributed by atoms with Crippen molar-refractivity contribution in [3.63, 3.8) is 0 Å². The van der Waals surface area contributed by atoms with Crippen LogP contribution in [-0.2, 0) is 11.3 Å². The van der Waals surface area contributed by atoms with E-state index in [1.807, 2.05) is 26.0 Å². The van der Waals surface area contributed by atoms with E-state index in [9.17, 15) is 9.59 Å². The van der Waals surface area contributed by atoms with Gasteiger partial charge in [0.2, 0.25) is 0 Å². The van der Waals surface area contributed by atoms with E-state index < -0.39 is 0 Å². The molecule has 3 aromatic rings. The van der Waals surface area contributed by atoms with Gasteiger partial charge in [-0.2, -0.15) is 5.10 Å². The van der Waals surface area contributed by atoms with Crippen LogP contribution in [0.1, 0.15) is 49.7 Å². The summed E-state index contributed by atoms with van der Waals surface area (Å²) in [5.74, 6) is 2.37. The summed E-state index contributed by atoms with van der Waals surface area (Å²) >= 11 is 0. The van der Waals surface area contributed by atoms with Crippen molar-refractivity contribution in [1.82, 2.24) is 19.3 Å². The average Bonchev–Trinajstić information content (AvgIpc) is 3.13. The van der Waals surface area contributed by atoms with Gasteiger partial charge in [-0.3, -0.25) is 14.2 Å². The first-order valence-electron chi connectivity index (χ1n) is 11.5. The molecule has 4 saturated carbocycles. The van der Waals surface area contributed by atoms with E-state index in [2.05, 4.69) is 16.1 Å². The summed E-state index contributed by atoms with van der Waals surface area (Å²) in [7, 11) is 0. The summed E-state index contributed by atoms with van der Waals surface area (Å²) in [6.45, 7) is 4.21. The molecule has 0 aliphatic heterocycles. The van der Waals surface area contributed by atoms with Crippen molar-refractivity contribution in [1.29, 1.82) is 0 Å². The van der Waals surface area contributed by atoms with Gasteiger partial charge in [-0.25, -0.2) is 9.67 Å². The second-order valence-corrected chi connectivity index (χ2v) is 10.4. The van der Waals surface area contributed by atoms with Gasteiger partial charge in [-0.15, -0.1) is 0 Å². The first-order chi connectivity index (χ1) is 14.9. The van der Waals surface area contributed by atoms with Gasteiger partial charge in [0.05, 0.1) is 18.4 Å². The lowest BCUT2D eigenvalue weighted by atomic mass is 9.48. The van der Waals surface area contributed by atoms with Crippen LogP contribution in [0, 0.1) is 37.0 Å². The molecule has 6 nitrogen and oxygen atoms in total. The number of nitrogens with zero attached hydrogens (tertiary/aromatic N) is 4. The van der Waals surface area contributed by atoms with Crippen molar-refractivity contribution in [2.24, 2.45) is 23.2 Å². The predicted octanol–water partition coefficient (Wildman–Crippen LogP) is 3.98. The first-order valence-corrected chi connectivity index (χ1v) is 11.5. The third kappa shape index (κ3) is 2.99. The topological polar surface area (TPSA) is 69.8 Å². The van der Waals surface area contributed by atoms with Crippen LogP contribution in [0.25, 0.3) is 16.7 Å². The van der Waals surface area contributed by atoms with E-state index in [4.69, 9.17) is 0 Å². The van der Waals surface area contributed by atoms with Crippen molar-refractivity contribution >= 4 is 16.8 Å². The lowest BCUT2D eigenvalue weighted by Crippen LogP contribution is -2.51. The number of ketones is 1. The minimum atomic E-state index is -0.202. The van der Waals surface area contributed by atoms with Crippen molar-refractivity contribution in [2.45, 2.75) is 58.9 Å². The number of fused-ring (bicyclic) bond motifs is 1. The lowest BCUT2D eigenvalue weighted by Gasteiger charge is -2.56. The average molecular weight is 417 g/mol. The second kappa shape index (κ2) is 6.62. The molecule has 0 radical (unpaired) electrons. The van der Waals surface area contributed by atoms with Crippen molar-refractivity contribution in [2.75, 3.05) is 0 Å². The van der Waals surface area contributed by atoms with Crippen molar-refractivity contribution < 1.29 is 4.79 Å².